The van der Waals surface area contributed by atoms with Gasteiger partial charge < -0.3 is 10.2 Å². The molecule has 162 valence electrons. The van der Waals surface area contributed by atoms with E-state index in [9.17, 15) is 18.8 Å². The predicted octanol–water partition coefficient (Wildman–Crippen LogP) is 4.28. The fourth-order valence-electron chi connectivity index (χ4n) is 3.70. The van der Waals surface area contributed by atoms with E-state index in [2.05, 4.69) is 5.32 Å². The average molecular weight is 431 g/mol. The van der Waals surface area contributed by atoms with Crippen molar-refractivity contribution in [2.24, 2.45) is 0 Å². The number of nitrogens with zero attached hydrogens (tertiary/aromatic N) is 2. The summed E-state index contributed by atoms with van der Waals surface area (Å²) in [5.74, 6) is -1.50. The van der Waals surface area contributed by atoms with Crippen molar-refractivity contribution >= 4 is 23.5 Å². The minimum absolute atomic E-state index is 0.228. The van der Waals surface area contributed by atoms with E-state index in [1.165, 1.54) is 11.0 Å². The zero-order chi connectivity index (χ0) is 22.7. The molecule has 0 aliphatic carbocycles. The fourth-order valence-corrected chi connectivity index (χ4v) is 3.70. The summed E-state index contributed by atoms with van der Waals surface area (Å²) in [7, 11) is 0. The van der Waals surface area contributed by atoms with Crippen LogP contribution in [-0.2, 0) is 16.1 Å². The molecular formula is C25H22FN3O3. The highest BCUT2D eigenvalue weighted by molar-refractivity contribution is 6.08. The van der Waals surface area contributed by atoms with Crippen molar-refractivity contribution < 1.29 is 18.8 Å². The van der Waals surface area contributed by atoms with Crippen molar-refractivity contribution in [1.29, 1.82) is 0 Å². The molecule has 6 nitrogen and oxygen atoms in total. The Morgan fingerprint density at radius 2 is 1.62 bits per heavy atom. The van der Waals surface area contributed by atoms with Gasteiger partial charge in [-0.1, -0.05) is 66.7 Å². The van der Waals surface area contributed by atoms with Crippen LogP contribution in [0.4, 0.5) is 14.9 Å². The van der Waals surface area contributed by atoms with E-state index < -0.39 is 36.2 Å². The van der Waals surface area contributed by atoms with Crippen LogP contribution < -0.4 is 5.32 Å². The van der Waals surface area contributed by atoms with Crippen molar-refractivity contribution in [3.8, 4) is 0 Å². The Kier molecular flexibility index (Phi) is 5.98. The van der Waals surface area contributed by atoms with Crippen LogP contribution >= 0.6 is 0 Å². The van der Waals surface area contributed by atoms with Crippen LogP contribution in [0.2, 0.25) is 0 Å². The number of anilines is 1. The number of carbonyl (C=O) groups is 3. The first kappa shape index (κ1) is 21.2. The Labute approximate surface area is 185 Å². The summed E-state index contributed by atoms with van der Waals surface area (Å²) in [6, 6.07) is 21.3. The van der Waals surface area contributed by atoms with Crippen LogP contribution in [0.25, 0.3) is 0 Å². The zero-order valence-electron chi connectivity index (χ0n) is 17.5. The Bertz CT molecular complexity index is 1150. The number of halogens is 1. The van der Waals surface area contributed by atoms with E-state index in [-0.39, 0.29) is 12.2 Å². The van der Waals surface area contributed by atoms with Crippen molar-refractivity contribution in [1.82, 2.24) is 9.80 Å². The Morgan fingerprint density at radius 1 is 0.969 bits per heavy atom. The first-order valence-corrected chi connectivity index (χ1v) is 10.2. The first-order valence-electron chi connectivity index (χ1n) is 10.2. The standard InChI is InChI=1S/C25H22FN3O3/c1-17-12-13-20(14-21(17)26)27-22(30)16-29-24(31)23(19-10-6-3-7-11-19)28(25(29)32)15-18-8-4-2-5-9-18/h2-14,23H,15-16H2,1H3,(H,27,30). The first-order chi connectivity index (χ1) is 15.4. The zero-order valence-corrected chi connectivity index (χ0v) is 17.5. The van der Waals surface area contributed by atoms with E-state index in [0.717, 1.165) is 10.5 Å². The Balaban J connectivity index is 1.56. The lowest BCUT2D eigenvalue weighted by Crippen LogP contribution is -2.38. The van der Waals surface area contributed by atoms with Gasteiger partial charge in [-0.3, -0.25) is 14.5 Å². The van der Waals surface area contributed by atoms with Crippen molar-refractivity contribution in [3.05, 3.63) is 101 Å². The van der Waals surface area contributed by atoms with E-state index >= 15 is 0 Å². The third-order valence-electron chi connectivity index (χ3n) is 5.36. The number of hydrogen-bond acceptors (Lipinski definition) is 3. The minimum Gasteiger partial charge on any atom is -0.324 e. The molecule has 1 atom stereocenters. The summed E-state index contributed by atoms with van der Waals surface area (Å²) in [5.41, 5.74) is 2.26. The van der Waals surface area contributed by atoms with Gasteiger partial charge in [0.25, 0.3) is 5.91 Å². The van der Waals surface area contributed by atoms with Gasteiger partial charge in [-0.2, -0.15) is 0 Å². The summed E-state index contributed by atoms with van der Waals surface area (Å²) >= 11 is 0. The number of carbonyl (C=O) groups excluding carboxylic acids is 3. The van der Waals surface area contributed by atoms with Crippen molar-refractivity contribution in [2.45, 2.75) is 19.5 Å². The van der Waals surface area contributed by atoms with Gasteiger partial charge in [0.2, 0.25) is 5.91 Å². The van der Waals surface area contributed by atoms with Crippen LogP contribution in [-0.4, -0.2) is 34.2 Å². The lowest BCUT2D eigenvalue weighted by molar-refractivity contribution is -0.131. The van der Waals surface area contributed by atoms with Crippen molar-refractivity contribution in [2.75, 3.05) is 11.9 Å². The largest absolute Gasteiger partial charge is 0.328 e. The summed E-state index contributed by atoms with van der Waals surface area (Å²) in [4.78, 5) is 41.4. The number of imide groups is 1. The number of benzene rings is 3. The highest BCUT2D eigenvalue weighted by atomic mass is 19.1. The maximum absolute atomic E-state index is 13.8. The molecule has 1 saturated heterocycles. The summed E-state index contributed by atoms with van der Waals surface area (Å²) < 4.78 is 13.8. The molecule has 4 amide bonds. The Hall–Kier alpha value is -4.00. The van der Waals surface area contributed by atoms with Crippen LogP contribution in [0.5, 0.6) is 0 Å². The van der Waals surface area contributed by atoms with E-state index in [4.69, 9.17) is 0 Å². The predicted molar refractivity (Wildman–Crippen MR) is 118 cm³/mol. The molecule has 32 heavy (non-hydrogen) atoms. The maximum Gasteiger partial charge on any atom is 0.328 e. The van der Waals surface area contributed by atoms with E-state index in [1.807, 2.05) is 36.4 Å². The number of nitrogens with one attached hydrogen (secondary N) is 1. The van der Waals surface area contributed by atoms with E-state index in [1.54, 1.807) is 43.3 Å². The monoisotopic (exact) mass is 431 g/mol. The summed E-state index contributed by atoms with van der Waals surface area (Å²) in [5, 5.41) is 2.55. The second-order valence-electron chi connectivity index (χ2n) is 7.65. The third kappa shape index (κ3) is 4.37. The highest BCUT2D eigenvalue weighted by Crippen LogP contribution is 2.32. The average Bonchev–Trinajstić information content (AvgIpc) is 3.02. The van der Waals surface area contributed by atoms with E-state index in [0.29, 0.717) is 11.1 Å². The topological polar surface area (TPSA) is 69.7 Å². The molecule has 4 rings (SSSR count). The van der Waals surface area contributed by atoms with Gasteiger partial charge in [0.15, 0.2) is 0 Å². The smallest absolute Gasteiger partial charge is 0.324 e. The van der Waals surface area contributed by atoms with Gasteiger partial charge in [-0.25, -0.2) is 9.18 Å². The van der Waals surface area contributed by atoms with Gasteiger partial charge in [0.05, 0.1) is 0 Å². The van der Waals surface area contributed by atoms with Gasteiger partial charge in [0, 0.05) is 12.2 Å². The minimum atomic E-state index is -0.825. The Morgan fingerprint density at radius 3 is 2.28 bits per heavy atom. The lowest BCUT2D eigenvalue weighted by Gasteiger charge is -2.22. The van der Waals surface area contributed by atoms with Crippen LogP contribution in [0.1, 0.15) is 22.7 Å². The van der Waals surface area contributed by atoms with Gasteiger partial charge in [0.1, 0.15) is 18.4 Å². The van der Waals surface area contributed by atoms with Crippen LogP contribution in [0.15, 0.2) is 78.9 Å². The van der Waals surface area contributed by atoms with Crippen molar-refractivity contribution in [3.63, 3.8) is 0 Å². The van der Waals surface area contributed by atoms with Crippen LogP contribution in [0, 0.1) is 12.7 Å². The molecule has 1 N–H and O–H groups in total. The fraction of sp³-hybridized carbons (Fsp3) is 0.160. The number of amides is 4. The maximum atomic E-state index is 13.8. The molecule has 3 aromatic carbocycles. The third-order valence-corrected chi connectivity index (χ3v) is 5.36. The lowest BCUT2D eigenvalue weighted by atomic mass is 10.1. The van der Waals surface area contributed by atoms with Gasteiger partial charge in [-0.15, -0.1) is 0 Å². The molecule has 3 aromatic rings. The molecule has 1 aliphatic rings. The molecule has 0 radical (unpaired) electrons. The second kappa shape index (κ2) is 9.01. The molecule has 0 bridgehead atoms. The normalized spacial score (nSPS) is 15.9. The highest BCUT2D eigenvalue weighted by Gasteiger charge is 2.46. The number of aryl methyl sites for hydroxylation is 1. The second-order valence-corrected chi connectivity index (χ2v) is 7.65. The van der Waals surface area contributed by atoms with Gasteiger partial charge in [-0.05, 0) is 35.7 Å². The molecule has 0 saturated carbocycles. The SMILES string of the molecule is Cc1ccc(NC(=O)CN2C(=O)C(c3ccccc3)N(Cc3ccccc3)C2=O)cc1F. The molecular weight excluding hydrogens is 409 g/mol. The molecule has 1 fully saturated rings. The van der Waals surface area contributed by atoms with Gasteiger partial charge >= 0.3 is 6.03 Å². The number of hydrogen-bond donors (Lipinski definition) is 1. The molecule has 1 aliphatic heterocycles. The molecule has 1 unspecified atom stereocenters. The molecule has 7 heteroatoms. The molecule has 0 spiro atoms. The van der Waals surface area contributed by atoms with Crippen LogP contribution in [0.3, 0.4) is 0 Å². The number of rotatable bonds is 6. The summed E-state index contributed by atoms with van der Waals surface area (Å²) in [6.45, 7) is 1.39. The number of urea groups is 1. The quantitative estimate of drug-likeness (QED) is 0.593. The molecule has 1 heterocycles. The molecule has 0 aromatic heterocycles. The summed E-state index contributed by atoms with van der Waals surface area (Å²) in [6.07, 6.45) is 0.